The van der Waals surface area contributed by atoms with Gasteiger partial charge in [-0.2, -0.15) is 0 Å². The van der Waals surface area contributed by atoms with Crippen molar-refractivity contribution in [2.24, 2.45) is 0 Å². The normalized spacial score (nSPS) is 23.1. The lowest BCUT2D eigenvalue weighted by Gasteiger charge is -2.33. The number of hydrogen-bond acceptors (Lipinski definition) is 3. The van der Waals surface area contributed by atoms with Crippen LogP contribution in [0.1, 0.15) is 26.7 Å². The van der Waals surface area contributed by atoms with Gasteiger partial charge in [-0.25, -0.2) is 0 Å². The Morgan fingerprint density at radius 1 is 1.59 bits per heavy atom. The second-order valence-electron chi connectivity index (χ2n) is 4.71. The van der Waals surface area contributed by atoms with Crippen LogP contribution in [0, 0.1) is 0 Å². The molecule has 1 fully saturated rings. The third-order valence-corrected chi connectivity index (χ3v) is 3.32. The molecule has 0 aliphatic carbocycles. The predicted octanol–water partition coefficient (Wildman–Crippen LogP) is 0.970. The van der Waals surface area contributed by atoms with E-state index in [0.717, 1.165) is 18.2 Å². The summed E-state index contributed by atoms with van der Waals surface area (Å²) in [4.78, 5) is 2.46. The Morgan fingerprint density at radius 2 is 2.35 bits per heavy atom. The highest BCUT2D eigenvalue weighted by Crippen LogP contribution is 2.09. The molecule has 1 aliphatic rings. The highest BCUT2D eigenvalue weighted by molar-refractivity contribution is 7.80. The van der Waals surface area contributed by atoms with Crippen molar-refractivity contribution in [3.05, 3.63) is 0 Å². The van der Waals surface area contributed by atoms with E-state index in [2.05, 4.69) is 29.4 Å². The number of nitrogens with zero attached hydrogens (tertiary/aromatic N) is 1. The number of methoxy groups -OCH3 is 1. The molecule has 100 valence electrons. The van der Waals surface area contributed by atoms with Crippen LogP contribution in [0.5, 0.6) is 0 Å². The fourth-order valence-electron chi connectivity index (χ4n) is 2.20. The molecule has 0 radical (unpaired) electrons. The van der Waals surface area contributed by atoms with Gasteiger partial charge in [0.15, 0.2) is 5.11 Å². The number of rotatable bonds is 5. The van der Waals surface area contributed by atoms with Gasteiger partial charge in [-0.3, -0.25) is 0 Å². The molecule has 5 heteroatoms. The molecule has 1 saturated heterocycles. The second kappa shape index (κ2) is 7.84. The van der Waals surface area contributed by atoms with Crippen LogP contribution in [0.3, 0.4) is 0 Å². The Labute approximate surface area is 110 Å². The molecule has 1 rings (SSSR count). The van der Waals surface area contributed by atoms with Crippen molar-refractivity contribution in [2.75, 3.05) is 33.4 Å². The molecule has 1 aliphatic heterocycles. The molecule has 0 aromatic rings. The third-order valence-electron chi connectivity index (χ3n) is 3.08. The molecule has 0 saturated carbocycles. The van der Waals surface area contributed by atoms with Crippen molar-refractivity contribution in [1.29, 1.82) is 0 Å². The van der Waals surface area contributed by atoms with E-state index >= 15 is 0 Å². The Bertz CT molecular complexity index is 238. The average Bonchev–Trinajstić information content (AvgIpc) is 2.29. The summed E-state index contributed by atoms with van der Waals surface area (Å²) in [6.45, 7) is 8.38. The summed E-state index contributed by atoms with van der Waals surface area (Å²) in [6, 6.07) is 0.740. The number of likely N-dealkylation sites (N-methyl/N-ethyl adjacent to an activating group) is 1. The number of piperidine rings is 1. The topological polar surface area (TPSA) is 36.5 Å². The van der Waals surface area contributed by atoms with Crippen LogP contribution in [-0.2, 0) is 4.74 Å². The second-order valence-corrected chi connectivity index (χ2v) is 5.11. The van der Waals surface area contributed by atoms with Crippen LogP contribution in [0.25, 0.3) is 0 Å². The van der Waals surface area contributed by atoms with Gasteiger partial charge in [0.2, 0.25) is 0 Å². The van der Waals surface area contributed by atoms with E-state index in [-0.39, 0.29) is 6.04 Å². The van der Waals surface area contributed by atoms with Crippen molar-refractivity contribution in [1.82, 2.24) is 15.5 Å². The SMILES string of the molecule is CCN1CCCC(NC(=S)NC(C)COC)C1. The molecule has 0 aromatic carbocycles. The molecule has 2 N–H and O–H groups in total. The van der Waals surface area contributed by atoms with Gasteiger partial charge in [-0.1, -0.05) is 6.92 Å². The lowest BCUT2D eigenvalue weighted by atomic mass is 10.1. The van der Waals surface area contributed by atoms with Crippen LogP contribution in [0.2, 0.25) is 0 Å². The molecular formula is C12H25N3OS. The van der Waals surface area contributed by atoms with Gasteiger partial charge in [0.25, 0.3) is 0 Å². The smallest absolute Gasteiger partial charge is 0.166 e. The zero-order valence-electron chi connectivity index (χ0n) is 11.2. The molecule has 0 spiro atoms. The first-order valence-corrected chi connectivity index (χ1v) is 6.84. The van der Waals surface area contributed by atoms with Gasteiger partial charge in [0, 0.05) is 25.7 Å². The van der Waals surface area contributed by atoms with E-state index in [9.17, 15) is 0 Å². The average molecular weight is 259 g/mol. The molecule has 4 nitrogen and oxygen atoms in total. The van der Waals surface area contributed by atoms with Crippen LogP contribution in [0.4, 0.5) is 0 Å². The maximum atomic E-state index is 5.30. The minimum atomic E-state index is 0.255. The fraction of sp³-hybridized carbons (Fsp3) is 0.917. The Kier molecular flexibility index (Phi) is 6.77. The van der Waals surface area contributed by atoms with Gasteiger partial charge < -0.3 is 20.3 Å². The fourth-order valence-corrected chi connectivity index (χ4v) is 2.57. The van der Waals surface area contributed by atoms with Crippen molar-refractivity contribution in [3.8, 4) is 0 Å². The third kappa shape index (κ3) is 5.66. The van der Waals surface area contributed by atoms with Crippen LogP contribution >= 0.6 is 12.2 Å². The van der Waals surface area contributed by atoms with E-state index < -0.39 is 0 Å². The molecule has 17 heavy (non-hydrogen) atoms. The largest absolute Gasteiger partial charge is 0.383 e. The standard InChI is InChI=1S/C12H25N3OS/c1-4-15-7-5-6-11(8-15)14-12(17)13-10(2)9-16-3/h10-11H,4-9H2,1-3H3,(H2,13,14,17). The maximum absolute atomic E-state index is 5.30. The number of hydrogen-bond donors (Lipinski definition) is 2. The van der Waals surface area contributed by atoms with Gasteiger partial charge in [0.05, 0.1) is 6.61 Å². The van der Waals surface area contributed by atoms with Gasteiger partial charge in [-0.15, -0.1) is 0 Å². The number of likely N-dealkylation sites (tertiary alicyclic amines) is 1. The van der Waals surface area contributed by atoms with Crippen molar-refractivity contribution < 1.29 is 4.74 Å². The summed E-state index contributed by atoms with van der Waals surface area (Å²) in [5.41, 5.74) is 0. The van der Waals surface area contributed by atoms with E-state index in [1.54, 1.807) is 7.11 Å². The monoisotopic (exact) mass is 259 g/mol. The molecule has 2 unspecified atom stereocenters. The highest BCUT2D eigenvalue weighted by atomic mass is 32.1. The minimum absolute atomic E-state index is 0.255. The van der Waals surface area contributed by atoms with Crippen LogP contribution in [0.15, 0.2) is 0 Å². The van der Waals surface area contributed by atoms with Crippen molar-refractivity contribution >= 4 is 17.3 Å². The van der Waals surface area contributed by atoms with Gasteiger partial charge in [-0.05, 0) is 45.1 Å². The summed E-state index contributed by atoms with van der Waals surface area (Å²) in [5.74, 6) is 0. The molecule has 2 atom stereocenters. The van der Waals surface area contributed by atoms with Crippen LogP contribution < -0.4 is 10.6 Å². The lowest BCUT2D eigenvalue weighted by molar-refractivity contribution is 0.178. The van der Waals surface area contributed by atoms with E-state index in [1.807, 2.05) is 0 Å². The first-order chi connectivity index (χ1) is 8.15. The zero-order valence-corrected chi connectivity index (χ0v) is 12.0. The van der Waals surface area contributed by atoms with E-state index in [4.69, 9.17) is 17.0 Å². The summed E-state index contributed by atoms with van der Waals surface area (Å²) in [6.07, 6.45) is 2.46. The lowest BCUT2D eigenvalue weighted by Crippen LogP contribution is -2.52. The quantitative estimate of drug-likeness (QED) is 0.720. The first kappa shape index (κ1) is 14.7. The highest BCUT2D eigenvalue weighted by Gasteiger charge is 2.19. The summed E-state index contributed by atoms with van der Waals surface area (Å²) >= 11 is 5.30. The Balaban J connectivity index is 2.25. The van der Waals surface area contributed by atoms with Gasteiger partial charge in [0.1, 0.15) is 0 Å². The first-order valence-electron chi connectivity index (χ1n) is 6.44. The Morgan fingerprint density at radius 3 is 3.00 bits per heavy atom. The predicted molar refractivity (Wildman–Crippen MR) is 75.3 cm³/mol. The molecule has 0 amide bonds. The number of nitrogens with one attached hydrogen (secondary N) is 2. The van der Waals surface area contributed by atoms with E-state index in [0.29, 0.717) is 12.6 Å². The number of ether oxygens (including phenoxy) is 1. The summed E-state index contributed by atoms with van der Waals surface area (Å²) in [5, 5.41) is 7.38. The Hall–Kier alpha value is -0.390. The summed E-state index contributed by atoms with van der Waals surface area (Å²) in [7, 11) is 1.70. The van der Waals surface area contributed by atoms with Crippen LogP contribution in [-0.4, -0.2) is 55.4 Å². The molecular weight excluding hydrogens is 234 g/mol. The molecule has 0 aromatic heterocycles. The maximum Gasteiger partial charge on any atom is 0.166 e. The van der Waals surface area contributed by atoms with Gasteiger partial charge >= 0.3 is 0 Å². The minimum Gasteiger partial charge on any atom is -0.383 e. The molecule has 1 heterocycles. The van der Waals surface area contributed by atoms with Crippen molar-refractivity contribution in [2.45, 2.75) is 38.8 Å². The molecule has 0 bridgehead atoms. The zero-order chi connectivity index (χ0) is 12.7. The summed E-state index contributed by atoms with van der Waals surface area (Å²) < 4.78 is 5.07. The number of thiocarbonyl (C=S) groups is 1. The van der Waals surface area contributed by atoms with Crippen molar-refractivity contribution in [3.63, 3.8) is 0 Å². The van der Waals surface area contributed by atoms with E-state index in [1.165, 1.54) is 19.4 Å².